The van der Waals surface area contributed by atoms with Crippen LogP contribution in [0.3, 0.4) is 0 Å². The fourth-order valence-electron chi connectivity index (χ4n) is 2.83. The van der Waals surface area contributed by atoms with E-state index in [1.807, 2.05) is 16.8 Å². The van der Waals surface area contributed by atoms with Crippen molar-refractivity contribution in [3.63, 3.8) is 0 Å². The Labute approximate surface area is 181 Å². The minimum atomic E-state index is -1.81. The van der Waals surface area contributed by atoms with E-state index in [4.69, 9.17) is 9.16 Å². The van der Waals surface area contributed by atoms with Crippen LogP contribution in [0.1, 0.15) is 27.2 Å². The van der Waals surface area contributed by atoms with Crippen molar-refractivity contribution in [1.82, 2.24) is 14.5 Å². The van der Waals surface area contributed by atoms with Gasteiger partial charge in [-0.3, -0.25) is 10.1 Å². The van der Waals surface area contributed by atoms with Gasteiger partial charge in [0, 0.05) is 25.4 Å². The van der Waals surface area contributed by atoms with Gasteiger partial charge >= 0.3 is 0 Å². The van der Waals surface area contributed by atoms with E-state index in [0.29, 0.717) is 24.2 Å². The predicted molar refractivity (Wildman–Crippen MR) is 118 cm³/mol. The largest absolute Gasteiger partial charge is 0.434 e. The van der Waals surface area contributed by atoms with Gasteiger partial charge in [-0.1, -0.05) is 20.8 Å². The molecule has 0 bridgehead atoms. The Morgan fingerprint density at radius 1 is 1.23 bits per heavy atom. The average molecular weight is 447 g/mol. The summed E-state index contributed by atoms with van der Waals surface area (Å²) in [5.74, 6) is -0.783. The maximum atomic E-state index is 14.3. The number of nitro groups is 1. The first-order valence-corrected chi connectivity index (χ1v) is 13.0. The van der Waals surface area contributed by atoms with Crippen LogP contribution in [-0.4, -0.2) is 34.4 Å². The highest BCUT2D eigenvalue weighted by Crippen LogP contribution is 2.36. The van der Waals surface area contributed by atoms with Crippen molar-refractivity contribution < 1.29 is 18.5 Å². The lowest BCUT2D eigenvalue weighted by Gasteiger charge is -2.36. The van der Waals surface area contributed by atoms with Crippen LogP contribution in [0, 0.1) is 15.9 Å². The summed E-state index contributed by atoms with van der Waals surface area (Å²) in [4.78, 5) is 18.6. The molecule has 0 spiro atoms. The quantitative estimate of drug-likeness (QED) is 0.191. The van der Waals surface area contributed by atoms with Crippen LogP contribution in [0.5, 0.6) is 11.6 Å². The molecule has 3 rings (SSSR count). The van der Waals surface area contributed by atoms with Gasteiger partial charge in [0.2, 0.25) is 5.88 Å². The predicted octanol–water partition coefficient (Wildman–Crippen LogP) is 5.68. The van der Waals surface area contributed by atoms with E-state index in [1.165, 1.54) is 18.5 Å². The van der Waals surface area contributed by atoms with Crippen LogP contribution in [0.2, 0.25) is 18.1 Å². The van der Waals surface area contributed by atoms with Crippen LogP contribution in [0.25, 0.3) is 11.0 Å². The van der Waals surface area contributed by atoms with E-state index < -0.39 is 19.1 Å². The molecule has 0 N–H and O–H groups in total. The molecule has 8 nitrogen and oxygen atoms in total. The minimum absolute atomic E-state index is 0.139. The number of aromatic nitrogens is 3. The highest BCUT2D eigenvalue weighted by Gasteiger charge is 2.36. The minimum Gasteiger partial charge on any atom is -0.434 e. The topological polar surface area (TPSA) is 92.3 Å². The van der Waals surface area contributed by atoms with Gasteiger partial charge in [-0.15, -0.1) is 0 Å². The number of halogens is 1. The summed E-state index contributed by atoms with van der Waals surface area (Å²) in [5.41, 5.74) is 0.952. The molecule has 10 heteroatoms. The van der Waals surface area contributed by atoms with E-state index in [-0.39, 0.29) is 22.4 Å². The first kappa shape index (κ1) is 22.8. The molecular weight excluding hydrogens is 419 g/mol. The standard InChI is InChI=1S/C21H27FN4O4Si/c1-21(2,3)31(4,5)29-12-6-10-25-11-9-17-19(25)20(24-14-23-17)30-18-8-7-15(26(27)28)13-16(18)22/h7-9,11,13-14H,6,10,12H2,1-5H3. The smallest absolute Gasteiger partial charge is 0.272 e. The van der Waals surface area contributed by atoms with Gasteiger partial charge in [0.15, 0.2) is 19.9 Å². The second kappa shape index (κ2) is 8.72. The van der Waals surface area contributed by atoms with Crippen molar-refractivity contribution in [3.05, 3.63) is 52.7 Å². The van der Waals surface area contributed by atoms with Gasteiger partial charge in [0.05, 0.1) is 16.5 Å². The zero-order chi connectivity index (χ0) is 22.8. The lowest BCUT2D eigenvalue weighted by molar-refractivity contribution is -0.385. The summed E-state index contributed by atoms with van der Waals surface area (Å²) in [5, 5.41) is 11.0. The number of rotatable bonds is 8. The van der Waals surface area contributed by atoms with Crippen molar-refractivity contribution in [2.45, 2.75) is 51.9 Å². The molecule has 0 radical (unpaired) electrons. The zero-order valence-corrected chi connectivity index (χ0v) is 19.4. The molecule has 3 aromatic rings. The number of hydrogen-bond acceptors (Lipinski definition) is 6. The van der Waals surface area contributed by atoms with E-state index in [2.05, 4.69) is 43.8 Å². The third kappa shape index (κ3) is 5.08. The molecule has 0 saturated carbocycles. The van der Waals surface area contributed by atoms with Crippen molar-refractivity contribution in [2.75, 3.05) is 6.61 Å². The van der Waals surface area contributed by atoms with Crippen LogP contribution >= 0.6 is 0 Å². The van der Waals surface area contributed by atoms with E-state index in [0.717, 1.165) is 12.5 Å². The van der Waals surface area contributed by atoms with Crippen molar-refractivity contribution >= 4 is 25.0 Å². The average Bonchev–Trinajstić information content (AvgIpc) is 3.10. The molecule has 2 aromatic heterocycles. The maximum Gasteiger partial charge on any atom is 0.272 e. The molecule has 0 atom stereocenters. The fraction of sp³-hybridized carbons (Fsp3) is 0.429. The fourth-order valence-corrected chi connectivity index (χ4v) is 3.92. The second-order valence-corrected chi connectivity index (χ2v) is 13.7. The van der Waals surface area contributed by atoms with Gasteiger partial charge in [-0.05, 0) is 36.7 Å². The summed E-state index contributed by atoms with van der Waals surface area (Å²) in [6.07, 6.45) is 4.01. The van der Waals surface area contributed by atoms with Crippen LogP contribution in [0.4, 0.5) is 10.1 Å². The highest BCUT2D eigenvalue weighted by molar-refractivity contribution is 6.74. The molecule has 0 amide bonds. The normalized spacial score (nSPS) is 12.3. The van der Waals surface area contributed by atoms with Crippen LogP contribution < -0.4 is 4.74 Å². The number of ether oxygens (including phenoxy) is 1. The van der Waals surface area contributed by atoms with Crippen LogP contribution in [-0.2, 0) is 11.0 Å². The molecule has 0 fully saturated rings. The molecular formula is C21H27FN4O4Si. The Kier molecular flexibility index (Phi) is 6.42. The monoisotopic (exact) mass is 446 g/mol. The molecule has 0 unspecified atom stereocenters. The Balaban J connectivity index is 1.76. The number of non-ortho nitro benzene ring substituents is 1. The van der Waals surface area contributed by atoms with Crippen LogP contribution in [0.15, 0.2) is 36.8 Å². The van der Waals surface area contributed by atoms with E-state index in [9.17, 15) is 14.5 Å². The number of aryl methyl sites for hydroxylation is 1. The Hall–Kier alpha value is -2.85. The first-order valence-electron chi connectivity index (χ1n) is 10.1. The molecule has 1 aromatic carbocycles. The Morgan fingerprint density at radius 3 is 2.61 bits per heavy atom. The van der Waals surface area contributed by atoms with Crippen molar-refractivity contribution in [3.8, 4) is 11.6 Å². The Morgan fingerprint density at radius 2 is 1.97 bits per heavy atom. The number of hydrogen-bond donors (Lipinski definition) is 0. The third-order valence-electron chi connectivity index (χ3n) is 5.66. The van der Waals surface area contributed by atoms with Gasteiger partial charge in [-0.2, -0.15) is 4.98 Å². The zero-order valence-electron chi connectivity index (χ0n) is 18.4. The molecule has 31 heavy (non-hydrogen) atoms. The molecule has 0 aliphatic rings. The maximum absolute atomic E-state index is 14.3. The lowest BCUT2D eigenvalue weighted by Crippen LogP contribution is -2.41. The molecule has 0 aliphatic carbocycles. The third-order valence-corrected chi connectivity index (χ3v) is 10.2. The van der Waals surface area contributed by atoms with E-state index in [1.54, 1.807) is 0 Å². The molecule has 0 saturated heterocycles. The van der Waals surface area contributed by atoms with Gasteiger partial charge in [0.25, 0.3) is 5.69 Å². The number of nitro benzene ring substituents is 1. The number of fused-ring (bicyclic) bond motifs is 1. The molecule has 0 aliphatic heterocycles. The number of nitrogens with zero attached hydrogens (tertiary/aromatic N) is 4. The van der Waals surface area contributed by atoms with Gasteiger partial charge in [0.1, 0.15) is 11.8 Å². The highest BCUT2D eigenvalue weighted by atomic mass is 28.4. The van der Waals surface area contributed by atoms with Crippen molar-refractivity contribution in [2.24, 2.45) is 0 Å². The summed E-state index contributed by atoms with van der Waals surface area (Å²) in [6.45, 7) is 12.3. The summed E-state index contributed by atoms with van der Waals surface area (Å²) in [7, 11) is -1.81. The second-order valence-electron chi connectivity index (χ2n) is 8.86. The summed E-state index contributed by atoms with van der Waals surface area (Å²) >= 11 is 0. The lowest BCUT2D eigenvalue weighted by atomic mass is 10.2. The molecule has 166 valence electrons. The first-order chi connectivity index (χ1) is 14.5. The molecule has 2 heterocycles. The number of benzene rings is 1. The Bertz CT molecular complexity index is 1090. The summed E-state index contributed by atoms with van der Waals surface area (Å²) in [6, 6.07) is 5.07. The van der Waals surface area contributed by atoms with Gasteiger partial charge in [-0.25, -0.2) is 9.37 Å². The van der Waals surface area contributed by atoms with Gasteiger partial charge < -0.3 is 13.7 Å². The SMILES string of the molecule is CC(C)(C)[Si](C)(C)OCCCn1ccc2ncnc(Oc3ccc([N+](=O)[O-])cc3F)c21. The van der Waals surface area contributed by atoms with E-state index >= 15 is 0 Å². The van der Waals surface area contributed by atoms with Crippen molar-refractivity contribution in [1.29, 1.82) is 0 Å². The summed E-state index contributed by atoms with van der Waals surface area (Å²) < 4.78 is 28.1.